The number of primary amides is 1. The van der Waals surface area contributed by atoms with E-state index in [9.17, 15) is 4.79 Å². The van der Waals surface area contributed by atoms with Crippen molar-refractivity contribution in [3.8, 4) is 0 Å². The molecule has 1 aliphatic heterocycles. The molecule has 2 aliphatic rings. The van der Waals surface area contributed by atoms with Crippen molar-refractivity contribution in [2.24, 2.45) is 5.73 Å². The Kier molecular flexibility index (Phi) is 1.91. The zero-order valence-corrected chi connectivity index (χ0v) is 7.83. The molecule has 1 atom stereocenters. The molecule has 0 aromatic carbocycles. The van der Waals surface area contributed by atoms with Crippen LogP contribution in [0.5, 0.6) is 0 Å². The fourth-order valence-corrected chi connectivity index (χ4v) is 2.34. The highest BCUT2D eigenvalue weighted by atomic mass is 16.1. The summed E-state index contributed by atoms with van der Waals surface area (Å²) in [5.74, 6) is -0.230. The SMILES string of the molecule is C=C[C@@]1(C(N)=O)CCCN1C1CC1. The predicted octanol–water partition coefficient (Wildman–Crippen LogP) is 0.655. The van der Waals surface area contributed by atoms with E-state index in [0.29, 0.717) is 6.04 Å². The molecule has 72 valence electrons. The van der Waals surface area contributed by atoms with Gasteiger partial charge in [0.2, 0.25) is 5.91 Å². The van der Waals surface area contributed by atoms with Gasteiger partial charge in [0.1, 0.15) is 5.54 Å². The Morgan fingerprint density at radius 1 is 1.62 bits per heavy atom. The molecular formula is C10H16N2O. The molecule has 1 saturated carbocycles. The first-order valence-electron chi connectivity index (χ1n) is 4.91. The molecule has 0 spiro atoms. The highest BCUT2D eigenvalue weighted by Gasteiger charge is 2.49. The Morgan fingerprint density at radius 3 is 2.77 bits per heavy atom. The van der Waals surface area contributed by atoms with Crippen LogP contribution in [-0.2, 0) is 4.79 Å². The zero-order chi connectivity index (χ0) is 9.47. The Morgan fingerprint density at radius 2 is 2.31 bits per heavy atom. The largest absolute Gasteiger partial charge is 0.368 e. The summed E-state index contributed by atoms with van der Waals surface area (Å²) in [5.41, 5.74) is 4.92. The number of hydrogen-bond acceptors (Lipinski definition) is 2. The van der Waals surface area contributed by atoms with Crippen molar-refractivity contribution in [3.63, 3.8) is 0 Å². The molecule has 0 radical (unpaired) electrons. The van der Waals surface area contributed by atoms with Gasteiger partial charge in [0, 0.05) is 6.04 Å². The van der Waals surface area contributed by atoms with Gasteiger partial charge < -0.3 is 5.73 Å². The number of nitrogens with two attached hydrogens (primary N) is 1. The first kappa shape index (κ1) is 8.75. The Balaban J connectivity index is 2.25. The fourth-order valence-electron chi connectivity index (χ4n) is 2.34. The lowest BCUT2D eigenvalue weighted by Gasteiger charge is -2.32. The number of rotatable bonds is 3. The minimum Gasteiger partial charge on any atom is -0.368 e. The molecule has 1 heterocycles. The highest BCUT2D eigenvalue weighted by Crippen LogP contribution is 2.39. The smallest absolute Gasteiger partial charge is 0.241 e. The maximum atomic E-state index is 11.4. The summed E-state index contributed by atoms with van der Waals surface area (Å²) in [5, 5.41) is 0. The molecule has 3 heteroatoms. The van der Waals surface area contributed by atoms with Crippen molar-refractivity contribution < 1.29 is 4.79 Å². The summed E-state index contributed by atoms with van der Waals surface area (Å²) in [6, 6.07) is 0.591. The predicted molar refractivity (Wildman–Crippen MR) is 51.1 cm³/mol. The van der Waals surface area contributed by atoms with Crippen LogP contribution in [0.3, 0.4) is 0 Å². The quantitative estimate of drug-likeness (QED) is 0.648. The van der Waals surface area contributed by atoms with Gasteiger partial charge in [-0.3, -0.25) is 9.69 Å². The van der Waals surface area contributed by atoms with Crippen molar-refractivity contribution >= 4 is 5.91 Å². The van der Waals surface area contributed by atoms with Crippen LogP contribution >= 0.6 is 0 Å². The Hall–Kier alpha value is -0.830. The van der Waals surface area contributed by atoms with E-state index in [1.165, 1.54) is 12.8 Å². The molecule has 0 aromatic rings. The lowest BCUT2D eigenvalue weighted by Crippen LogP contribution is -2.53. The minimum absolute atomic E-state index is 0.230. The van der Waals surface area contributed by atoms with Gasteiger partial charge in [0.25, 0.3) is 0 Å². The normalized spacial score (nSPS) is 34.8. The lowest BCUT2D eigenvalue weighted by molar-refractivity contribution is -0.126. The van der Waals surface area contributed by atoms with Gasteiger partial charge >= 0.3 is 0 Å². The number of nitrogens with zero attached hydrogens (tertiary/aromatic N) is 1. The van der Waals surface area contributed by atoms with E-state index in [0.717, 1.165) is 19.4 Å². The van der Waals surface area contributed by atoms with Crippen molar-refractivity contribution in [2.75, 3.05) is 6.54 Å². The van der Waals surface area contributed by atoms with Crippen molar-refractivity contribution in [1.29, 1.82) is 0 Å². The third-order valence-corrected chi connectivity index (χ3v) is 3.22. The summed E-state index contributed by atoms with van der Waals surface area (Å²) >= 11 is 0. The highest BCUT2D eigenvalue weighted by molar-refractivity contribution is 5.87. The van der Waals surface area contributed by atoms with Gasteiger partial charge in [-0.1, -0.05) is 6.08 Å². The molecule has 0 aromatic heterocycles. The Labute approximate surface area is 78.6 Å². The first-order chi connectivity index (χ1) is 6.20. The maximum absolute atomic E-state index is 11.4. The standard InChI is InChI=1S/C10H16N2O/c1-2-10(9(11)13)6-3-7-12(10)8-4-5-8/h2,8H,1,3-7H2,(H2,11,13)/t10-/m0/s1. The number of amides is 1. The van der Waals surface area contributed by atoms with Crippen LogP contribution < -0.4 is 5.73 Å². The fraction of sp³-hybridized carbons (Fsp3) is 0.700. The third kappa shape index (κ3) is 1.18. The molecule has 2 fully saturated rings. The van der Waals surface area contributed by atoms with E-state index in [1.54, 1.807) is 6.08 Å². The van der Waals surface area contributed by atoms with Crippen molar-refractivity contribution in [1.82, 2.24) is 4.90 Å². The summed E-state index contributed by atoms with van der Waals surface area (Å²) < 4.78 is 0. The molecule has 1 saturated heterocycles. The molecule has 2 rings (SSSR count). The monoisotopic (exact) mass is 180 g/mol. The molecular weight excluding hydrogens is 164 g/mol. The van der Waals surface area contributed by atoms with Crippen molar-refractivity contribution in [2.45, 2.75) is 37.3 Å². The molecule has 0 bridgehead atoms. The number of likely N-dealkylation sites (tertiary alicyclic amines) is 1. The van der Waals surface area contributed by atoms with Crippen molar-refractivity contribution in [3.05, 3.63) is 12.7 Å². The Bertz CT molecular complexity index is 247. The second-order valence-corrected chi connectivity index (χ2v) is 4.02. The average Bonchev–Trinajstić information content (AvgIpc) is 2.85. The van der Waals surface area contributed by atoms with Crippen LogP contribution in [0.15, 0.2) is 12.7 Å². The maximum Gasteiger partial charge on any atom is 0.241 e. The zero-order valence-electron chi connectivity index (χ0n) is 7.83. The van der Waals surface area contributed by atoms with E-state index >= 15 is 0 Å². The topological polar surface area (TPSA) is 46.3 Å². The number of carbonyl (C=O) groups is 1. The van der Waals surface area contributed by atoms with Crippen LogP contribution in [0.4, 0.5) is 0 Å². The number of hydrogen-bond donors (Lipinski definition) is 1. The van der Waals surface area contributed by atoms with Gasteiger partial charge in [-0.25, -0.2) is 0 Å². The molecule has 3 nitrogen and oxygen atoms in total. The van der Waals surface area contributed by atoms with Gasteiger partial charge in [0.15, 0.2) is 0 Å². The molecule has 1 amide bonds. The van der Waals surface area contributed by atoms with Crippen LogP contribution in [0.2, 0.25) is 0 Å². The van der Waals surface area contributed by atoms with Crippen LogP contribution in [0.1, 0.15) is 25.7 Å². The molecule has 1 aliphatic carbocycles. The van der Waals surface area contributed by atoms with E-state index in [4.69, 9.17) is 5.73 Å². The van der Waals surface area contributed by atoms with Gasteiger partial charge in [-0.05, 0) is 32.2 Å². The van der Waals surface area contributed by atoms with Gasteiger partial charge in [-0.2, -0.15) is 0 Å². The number of carbonyl (C=O) groups excluding carboxylic acids is 1. The van der Waals surface area contributed by atoms with Crippen LogP contribution in [0, 0.1) is 0 Å². The lowest BCUT2D eigenvalue weighted by atomic mass is 9.95. The van der Waals surface area contributed by atoms with Crippen LogP contribution in [-0.4, -0.2) is 28.9 Å². The first-order valence-corrected chi connectivity index (χ1v) is 4.91. The van der Waals surface area contributed by atoms with E-state index in [-0.39, 0.29) is 5.91 Å². The summed E-state index contributed by atoms with van der Waals surface area (Å²) in [7, 11) is 0. The second-order valence-electron chi connectivity index (χ2n) is 4.02. The second kappa shape index (κ2) is 2.84. The summed E-state index contributed by atoms with van der Waals surface area (Å²) in [4.78, 5) is 13.6. The van der Waals surface area contributed by atoms with E-state index < -0.39 is 5.54 Å². The molecule has 2 N–H and O–H groups in total. The average molecular weight is 180 g/mol. The summed E-state index contributed by atoms with van der Waals surface area (Å²) in [6.45, 7) is 4.75. The minimum atomic E-state index is -0.527. The third-order valence-electron chi connectivity index (χ3n) is 3.22. The van der Waals surface area contributed by atoms with Gasteiger partial charge in [-0.15, -0.1) is 6.58 Å². The van der Waals surface area contributed by atoms with Crippen LogP contribution in [0.25, 0.3) is 0 Å². The molecule has 13 heavy (non-hydrogen) atoms. The van der Waals surface area contributed by atoms with E-state index in [1.807, 2.05) is 0 Å². The van der Waals surface area contributed by atoms with Gasteiger partial charge in [0.05, 0.1) is 0 Å². The molecule has 0 unspecified atom stereocenters. The summed E-state index contributed by atoms with van der Waals surface area (Å²) in [6.07, 6.45) is 6.07. The van der Waals surface area contributed by atoms with E-state index in [2.05, 4.69) is 11.5 Å².